The van der Waals surface area contributed by atoms with E-state index in [2.05, 4.69) is 82.6 Å². The molecule has 7 heteroatoms. The van der Waals surface area contributed by atoms with Crippen molar-refractivity contribution in [2.24, 2.45) is 0 Å². The normalized spacial score (nSPS) is 21.3. The average molecular weight is 427 g/mol. The van der Waals surface area contributed by atoms with Crippen LogP contribution >= 0.6 is 0 Å². The standard InChI is InChI=1S/C25H30BN5O/c1-29-12-14-30(15-13-29)11-9-23(32)25-20-7-5-18(26)16-22(20)28-21(25)8-6-19-17-31-10-3-2-4-24(31)27-19/h2-8,10,16-17,24,27-28H,9,11-15,26H2,1H3/b8-6+. The molecule has 2 aromatic rings. The molecule has 6 nitrogen and oxygen atoms in total. The van der Waals surface area contributed by atoms with Crippen molar-refractivity contribution in [3.8, 4) is 0 Å². The molecule has 1 aromatic carbocycles. The molecule has 5 rings (SSSR count). The minimum Gasteiger partial charge on any atom is -0.360 e. The molecule has 1 atom stereocenters. The first-order valence-corrected chi connectivity index (χ1v) is 11.4. The number of rotatable bonds is 6. The number of benzene rings is 1. The van der Waals surface area contributed by atoms with Crippen LogP contribution in [0.15, 0.2) is 60.6 Å². The molecule has 1 aromatic heterocycles. The Labute approximate surface area is 190 Å². The highest BCUT2D eigenvalue weighted by molar-refractivity contribution is 6.33. The van der Waals surface area contributed by atoms with Gasteiger partial charge in [-0.05, 0) is 37.4 Å². The summed E-state index contributed by atoms with van der Waals surface area (Å²) in [5, 5.41) is 4.49. The molecule has 3 aliphatic rings. The summed E-state index contributed by atoms with van der Waals surface area (Å²) in [4.78, 5) is 23.8. The Morgan fingerprint density at radius 2 is 2.03 bits per heavy atom. The van der Waals surface area contributed by atoms with Gasteiger partial charge < -0.3 is 25.0 Å². The van der Waals surface area contributed by atoms with Gasteiger partial charge in [-0.3, -0.25) is 4.79 Å². The number of nitrogens with zero attached hydrogens (tertiary/aromatic N) is 3. The minimum absolute atomic E-state index is 0.162. The number of ketones is 1. The molecular weight excluding hydrogens is 397 g/mol. The quantitative estimate of drug-likeness (QED) is 0.540. The second-order valence-corrected chi connectivity index (χ2v) is 8.96. The van der Waals surface area contributed by atoms with E-state index in [4.69, 9.17) is 0 Å². The summed E-state index contributed by atoms with van der Waals surface area (Å²) in [6, 6.07) is 6.27. The Hall–Kier alpha value is -3.03. The van der Waals surface area contributed by atoms with Crippen LogP contribution in [0.4, 0.5) is 0 Å². The molecule has 0 spiro atoms. The van der Waals surface area contributed by atoms with E-state index in [1.165, 1.54) is 5.46 Å². The number of aromatic amines is 1. The number of carbonyl (C=O) groups is 1. The van der Waals surface area contributed by atoms with Crippen molar-refractivity contribution in [3.63, 3.8) is 0 Å². The minimum atomic E-state index is 0.162. The number of likely N-dealkylation sites (N-methyl/N-ethyl adjacent to an activating group) is 1. The molecule has 4 heterocycles. The molecule has 1 saturated heterocycles. The van der Waals surface area contributed by atoms with Gasteiger partial charge >= 0.3 is 0 Å². The van der Waals surface area contributed by atoms with Gasteiger partial charge in [-0.1, -0.05) is 23.7 Å². The van der Waals surface area contributed by atoms with Crippen molar-refractivity contribution in [1.29, 1.82) is 0 Å². The molecule has 1 unspecified atom stereocenters. The number of nitrogens with one attached hydrogen (secondary N) is 2. The maximum Gasteiger partial charge on any atom is 0.166 e. The lowest BCUT2D eigenvalue weighted by Gasteiger charge is -2.32. The van der Waals surface area contributed by atoms with E-state index in [-0.39, 0.29) is 11.9 Å². The van der Waals surface area contributed by atoms with Crippen LogP contribution in [0.25, 0.3) is 17.0 Å². The predicted molar refractivity (Wildman–Crippen MR) is 134 cm³/mol. The molecule has 0 radical (unpaired) electrons. The van der Waals surface area contributed by atoms with Crippen molar-refractivity contribution in [2.45, 2.75) is 12.6 Å². The zero-order chi connectivity index (χ0) is 22.1. The van der Waals surface area contributed by atoms with E-state index in [0.29, 0.717) is 6.42 Å². The van der Waals surface area contributed by atoms with Gasteiger partial charge in [-0.2, -0.15) is 0 Å². The van der Waals surface area contributed by atoms with E-state index < -0.39 is 0 Å². The Balaban J connectivity index is 1.37. The largest absolute Gasteiger partial charge is 0.360 e. The third-order valence-electron chi connectivity index (χ3n) is 6.53. The van der Waals surface area contributed by atoms with Crippen LogP contribution in [0, 0.1) is 0 Å². The van der Waals surface area contributed by atoms with E-state index >= 15 is 0 Å². The zero-order valence-electron chi connectivity index (χ0n) is 18.8. The van der Waals surface area contributed by atoms with Crippen LogP contribution in [-0.2, 0) is 0 Å². The maximum absolute atomic E-state index is 13.4. The zero-order valence-corrected chi connectivity index (χ0v) is 18.8. The number of Topliss-reactive ketones (excluding diaryl/α,β-unsaturated/α-hetero) is 1. The van der Waals surface area contributed by atoms with Crippen LogP contribution in [0.5, 0.6) is 0 Å². The first-order chi connectivity index (χ1) is 15.6. The van der Waals surface area contributed by atoms with Gasteiger partial charge in [-0.15, -0.1) is 0 Å². The number of carbonyl (C=O) groups excluding carboxylic acids is 1. The molecule has 164 valence electrons. The summed E-state index contributed by atoms with van der Waals surface area (Å²) in [5.74, 6) is 0.204. The Morgan fingerprint density at radius 3 is 2.84 bits per heavy atom. The van der Waals surface area contributed by atoms with Crippen LogP contribution in [0.3, 0.4) is 0 Å². The molecule has 0 amide bonds. The molecule has 1 fully saturated rings. The van der Waals surface area contributed by atoms with Crippen molar-refractivity contribution in [1.82, 2.24) is 25.0 Å². The smallest absolute Gasteiger partial charge is 0.166 e. The van der Waals surface area contributed by atoms with Crippen molar-refractivity contribution in [2.75, 3.05) is 39.8 Å². The molecule has 0 aliphatic carbocycles. The highest BCUT2D eigenvalue weighted by atomic mass is 16.1. The summed E-state index contributed by atoms with van der Waals surface area (Å²) in [6.07, 6.45) is 15.1. The second kappa shape index (κ2) is 8.84. The fraction of sp³-hybridized carbons (Fsp3) is 0.320. The molecule has 3 aliphatic heterocycles. The molecule has 32 heavy (non-hydrogen) atoms. The Bertz CT molecular complexity index is 1140. The first-order valence-electron chi connectivity index (χ1n) is 11.4. The number of hydrogen-bond acceptors (Lipinski definition) is 5. The van der Waals surface area contributed by atoms with Gasteiger partial charge in [0.1, 0.15) is 14.0 Å². The van der Waals surface area contributed by atoms with Crippen LogP contribution in [0.1, 0.15) is 22.5 Å². The summed E-state index contributed by atoms with van der Waals surface area (Å²) in [7, 11) is 4.23. The number of hydrogen-bond donors (Lipinski definition) is 2. The van der Waals surface area contributed by atoms with Crippen LogP contribution < -0.4 is 10.8 Å². The van der Waals surface area contributed by atoms with Gasteiger partial charge in [0.15, 0.2) is 5.78 Å². The van der Waals surface area contributed by atoms with E-state index in [1.54, 1.807) is 0 Å². The third kappa shape index (κ3) is 4.31. The number of allylic oxidation sites excluding steroid dienone is 3. The van der Waals surface area contributed by atoms with Crippen molar-refractivity contribution >= 4 is 36.1 Å². The third-order valence-corrected chi connectivity index (χ3v) is 6.53. The van der Waals surface area contributed by atoms with Gasteiger partial charge in [0.2, 0.25) is 0 Å². The average Bonchev–Trinajstić information content (AvgIpc) is 3.37. The fourth-order valence-corrected chi connectivity index (χ4v) is 4.60. The summed E-state index contributed by atoms with van der Waals surface area (Å²) in [6.45, 7) is 5.02. The number of H-pyrrole nitrogens is 1. The van der Waals surface area contributed by atoms with Gasteiger partial charge in [-0.25, -0.2) is 0 Å². The Kier molecular flexibility index (Phi) is 5.76. The van der Waals surface area contributed by atoms with Gasteiger partial charge in [0.05, 0.1) is 17.0 Å². The lowest BCUT2D eigenvalue weighted by molar-refractivity contribution is 0.0943. The van der Waals surface area contributed by atoms with Gasteiger partial charge in [0, 0.05) is 62.4 Å². The highest BCUT2D eigenvalue weighted by Gasteiger charge is 2.21. The van der Waals surface area contributed by atoms with Crippen molar-refractivity contribution < 1.29 is 4.79 Å². The molecule has 0 bridgehead atoms. The number of fused-ring (bicyclic) bond motifs is 2. The Morgan fingerprint density at radius 1 is 1.19 bits per heavy atom. The number of piperazine rings is 1. The summed E-state index contributed by atoms with van der Waals surface area (Å²) >= 11 is 0. The monoisotopic (exact) mass is 427 g/mol. The van der Waals surface area contributed by atoms with Crippen LogP contribution in [-0.4, -0.2) is 79.3 Å². The first kappa shape index (κ1) is 20.9. The second-order valence-electron chi connectivity index (χ2n) is 8.96. The summed E-state index contributed by atoms with van der Waals surface area (Å²) in [5.41, 5.74) is 4.91. The predicted octanol–water partition coefficient (Wildman–Crippen LogP) is 1.42. The van der Waals surface area contributed by atoms with E-state index in [1.807, 2.05) is 18.2 Å². The van der Waals surface area contributed by atoms with Crippen LogP contribution in [0.2, 0.25) is 0 Å². The summed E-state index contributed by atoms with van der Waals surface area (Å²) < 4.78 is 0. The SMILES string of the molecule is Bc1ccc2c(C(=O)CCN3CCN(C)CC3)c(/C=C/C3=CN4C=CC=CC4N3)[nH]c2c1. The van der Waals surface area contributed by atoms with Crippen molar-refractivity contribution in [3.05, 3.63) is 71.9 Å². The highest BCUT2D eigenvalue weighted by Crippen LogP contribution is 2.26. The van der Waals surface area contributed by atoms with Gasteiger partial charge in [0.25, 0.3) is 0 Å². The topological polar surface area (TPSA) is 54.6 Å². The molecule has 2 N–H and O–H groups in total. The fourth-order valence-electron chi connectivity index (χ4n) is 4.60. The molecular formula is C25H30BN5O. The lowest BCUT2D eigenvalue weighted by Crippen LogP contribution is -2.45. The molecule has 0 saturated carbocycles. The maximum atomic E-state index is 13.4. The number of aromatic nitrogens is 1. The lowest BCUT2D eigenvalue weighted by atomic mass is 9.94. The van der Waals surface area contributed by atoms with E-state index in [0.717, 1.165) is 60.6 Å². The van der Waals surface area contributed by atoms with E-state index in [9.17, 15) is 4.79 Å².